The van der Waals surface area contributed by atoms with Gasteiger partial charge in [0, 0.05) is 31.0 Å². The highest BCUT2D eigenvalue weighted by molar-refractivity contribution is 5.95. The summed E-state index contributed by atoms with van der Waals surface area (Å²) in [6.07, 6.45) is 2.98. The second-order valence-corrected chi connectivity index (χ2v) is 5.47. The quantitative estimate of drug-likeness (QED) is 0.905. The summed E-state index contributed by atoms with van der Waals surface area (Å²) in [5.41, 5.74) is 1.42. The van der Waals surface area contributed by atoms with E-state index in [9.17, 15) is 4.79 Å². The molecular weight excluding hydrogens is 240 g/mol. The van der Waals surface area contributed by atoms with E-state index in [1.165, 1.54) is 0 Å². The van der Waals surface area contributed by atoms with E-state index >= 15 is 0 Å². The van der Waals surface area contributed by atoms with Gasteiger partial charge in [-0.05, 0) is 31.4 Å². The predicted octanol–water partition coefficient (Wildman–Crippen LogP) is 2.18. The molecule has 2 atom stereocenters. The molecule has 1 aromatic heterocycles. The van der Waals surface area contributed by atoms with Crippen LogP contribution < -0.4 is 5.32 Å². The highest BCUT2D eigenvalue weighted by Crippen LogP contribution is 2.26. The summed E-state index contributed by atoms with van der Waals surface area (Å²) < 4.78 is 5.73. The van der Waals surface area contributed by atoms with Gasteiger partial charge >= 0.3 is 0 Å². The molecule has 1 N–H and O–H groups in total. The van der Waals surface area contributed by atoms with Gasteiger partial charge in [-0.2, -0.15) is 0 Å². The van der Waals surface area contributed by atoms with Gasteiger partial charge in [0.25, 0.3) is 5.91 Å². The monoisotopic (exact) mass is 262 g/mol. The number of hydrogen-bond donors (Lipinski definition) is 1. The summed E-state index contributed by atoms with van der Waals surface area (Å²) in [5, 5.41) is 3.01. The lowest BCUT2D eigenvalue weighted by Crippen LogP contribution is -2.35. The minimum atomic E-state index is -0.0417. The number of pyridine rings is 1. The molecular formula is C15H22N2O2. The summed E-state index contributed by atoms with van der Waals surface area (Å²) in [7, 11) is 0. The molecule has 1 aromatic rings. The number of ether oxygens (including phenoxy) is 1. The standard InChI is InChI=1S/C15H22N2O2/c1-10(2)14-12(6-8-19-14)9-17-15(18)13-5-4-7-16-11(13)3/h4-5,7,10,12,14H,6,8-9H2,1-3H3,(H,17,18)/t12-,14-/m1/s1. The van der Waals surface area contributed by atoms with Crippen LogP contribution in [-0.4, -0.2) is 30.1 Å². The van der Waals surface area contributed by atoms with Crippen molar-refractivity contribution in [3.05, 3.63) is 29.6 Å². The maximum atomic E-state index is 12.1. The molecule has 0 spiro atoms. The first-order valence-corrected chi connectivity index (χ1v) is 6.91. The minimum absolute atomic E-state index is 0.0417. The van der Waals surface area contributed by atoms with Gasteiger partial charge in [0.05, 0.1) is 11.7 Å². The molecule has 1 aliphatic heterocycles. The number of carbonyl (C=O) groups excluding carboxylic acids is 1. The van der Waals surface area contributed by atoms with Crippen LogP contribution in [0.2, 0.25) is 0 Å². The zero-order valence-electron chi connectivity index (χ0n) is 11.8. The number of aromatic nitrogens is 1. The number of nitrogens with one attached hydrogen (secondary N) is 1. The second kappa shape index (κ2) is 6.15. The third-order valence-electron chi connectivity index (χ3n) is 3.70. The number of nitrogens with zero attached hydrogens (tertiary/aromatic N) is 1. The van der Waals surface area contributed by atoms with Crippen LogP contribution in [0, 0.1) is 18.8 Å². The number of amides is 1. The van der Waals surface area contributed by atoms with Crippen molar-refractivity contribution < 1.29 is 9.53 Å². The van der Waals surface area contributed by atoms with E-state index in [0.29, 0.717) is 23.9 Å². The van der Waals surface area contributed by atoms with E-state index in [-0.39, 0.29) is 12.0 Å². The van der Waals surface area contributed by atoms with Gasteiger partial charge < -0.3 is 10.1 Å². The first-order valence-electron chi connectivity index (χ1n) is 6.91. The van der Waals surface area contributed by atoms with Crippen molar-refractivity contribution in [2.24, 2.45) is 11.8 Å². The molecule has 1 amide bonds. The molecule has 0 saturated carbocycles. The average Bonchev–Trinajstić information content (AvgIpc) is 2.85. The van der Waals surface area contributed by atoms with Gasteiger partial charge in [-0.1, -0.05) is 13.8 Å². The molecule has 4 nitrogen and oxygen atoms in total. The van der Waals surface area contributed by atoms with Crippen LogP contribution >= 0.6 is 0 Å². The minimum Gasteiger partial charge on any atom is -0.378 e. The van der Waals surface area contributed by atoms with Gasteiger partial charge in [-0.15, -0.1) is 0 Å². The fraction of sp³-hybridized carbons (Fsp3) is 0.600. The smallest absolute Gasteiger partial charge is 0.253 e. The number of hydrogen-bond acceptors (Lipinski definition) is 3. The lowest BCUT2D eigenvalue weighted by atomic mass is 9.93. The van der Waals surface area contributed by atoms with E-state index in [0.717, 1.165) is 18.7 Å². The average molecular weight is 262 g/mol. The summed E-state index contributed by atoms with van der Waals surface area (Å²) in [4.78, 5) is 16.2. The van der Waals surface area contributed by atoms with Gasteiger partial charge in [0.1, 0.15) is 0 Å². The fourth-order valence-electron chi connectivity index (χ4n) is 2.65. The van der Waals surface area contributed by atoms with Crippen molar-refractivity contribution in [1.82, 2.24) is 10.3 Å². The van der Waals surface area contributed by atoms with Crippen LogP contribution in [0.15, 0.2) is 18.3 Å². The zero-order chi connectivity index (χ0) is 13.8. The van der Waals surface area contributed by atoms with E-state index < -0.39 is 0 Å². The third-order valence-corrected chi connectivity index (χ3v) is 3.70. The Bertz CT molecular complexity index is 446. The van der Waals surface area contributed by atoms with Crippen LogP contribution in [0.4, 0.5) is 0 Å². The molecule has 0 aliphatic carbocycles. The topological polar surface area (TPSA) is 51.2 Å². The molecule has 104 valence electrons. The molecule has 0 bridgehead atoms. The molecule has 1 aliphatic rings. The Morgan fingerprint density at radius 3 is 3.05 bits per heavy atom. The van der Waals surface area contributed by atoms with Gasteiger partial charge in [0.2, 0.25) is 0 Å². The molecule has 2 heterocycles. The maximum absolute atomic E-state index is 12.1. The lowest BCUT2D eigenvalue weighted by Gasteiger charge is -2.22. The molecule has 1 fully saturated rings. The van der Waals surface area contributed by atoms with Crippen LogP contribution in [0.3, 0.4) is 0 Å². The first kappa shape index (κ1) is 14.0. The van der Waals surface area contributed by atoms with Crippen molar-refractivity contribution >= 4 is 5.91 Å². The zero-order valence-corrected chi connectivity index (χ0v) is 11.8. The van der Waals surface area contributed by atoms with E-state index in [2.05, 4.69) is 24.1 Å². The van der Waals surface area contributed by atoms with Gasteiger partial charge in [-0.3, -0.25) is 9.78 Å². The Hall–Kier alpha value is -1.42. The van der Waals surface area contributed by atoms with Crippen molar-refractivity contribution in [2.75, 3.05) is 13.2 Å². The predicted molar refractivity (Wildman–Crippen MR) is 74.0 cm³/mol. The van der Waals surface area contributed by atoms with Crippen LogP contribution in [0.25, 0.3) is 0 Å². The van der Waals surface area contributed by atoms with E-state index in [1.54, 1.807) is 12.3 Å². The summed E-state index contributed by atoms with van der Waals surface area (Å²) >= 11 is 0. The SMILES string of the molecule is Cc1ncccc1C(=O)NC[C@H]1CCO[C@@H]1C(C)C. The fourth-order valence-corrected chi connectivity index (χ4v) is 2.65. The highest BCUT2D eigenvalue weighted by Gasteiger charge is 2.30. The Labute approximate surface area is 114 Å². The largest absolute Gasteiger partial charge is 0.378 e. The van der Waals surface area contributed by atoms with E-state index in [4.69, 9.17) is 4.74 Å². The Kier molecular flexibility index (Phi) is 4.53. The van der Waals surface area contributed by atoms with Gasteiger partial charge in [-0.25, -0.2) is 0 Å². The van der Waals surface area contributed by atoms with Crippen molar-refractivity contribution in [3.8, 4) is 0 Å². The molecule has 2 rings (SSSR count). The van der Waals surface area contributed by atoms with E-state index in [1.807, 2.05) is 13.0 Å². The molecule has 0 unspecified atom stereocenters. The molecule has 4 heteroatoms. The van der Waals surface area contributed by atoms with Crippen LogP contribution in [-0.2, 0) is 4.74 Å². The Morgan fingerprint density at radius 2 is 2.37 bits per heavy atom. The van der Waals surface area contributed by atoms with Gasteiger partial charge in [0.15, 0.2) is 0 Å². The molecule has 0 radical (unpaired) electrons. The summed E-state index contributed by atoms with van der Waals surface area (Å²) in [6.45, 7) is 7.65. The Morgan fingerprint density at radius 1 is 1.58 bits per heavy atom. The number of aryl methyl sites for hydroxylation is 1. The van der Waals surface area contributed by atoms with Crippen LogP contribution in [0.1, 0.15) is 36.3 Å². The third kappa shape index (κ3) is 3.32. The normalized spacial score (nSPS) is 22.7. The second-order valence-electron chi connectivity index (χ2n) is 5.47. The molecule has 1 saturated heterocycles. The first-order chi connectivity index (χ1) is 9.09. The summed E-state index contributed by atoms with van der Waals surface area (Å²) in [6, 6.07) is 3.60. The lowest BCUT2D eigenvalue weighted by molar-refractivity contribution is 0.0533. The number of carbonyl (C=O) groups is 1. The van der Waals surface area contributed by atoms with Crippen molar-refractivity contribution in [1.29, 1.82) is 0 Å². The van der Waals surface area contributed by atoms with Crippen molar-refractivity contribution in [2.45, 2.75) is 33.3 Å². The van der Waals surface area contributed by atoms with Crippen molar-refractivity contribution in [3.63, 3.8) is 0 Å². The molecule has 0 aromatic carbocycles. The summed E-state index contributed by atoms with van der Waals surface area (Å²) in [5.74, 6) is 0.866. The highest BCUT2D eigenvalue weighted by atomic mass is 16.5. The molecule has 19 heavy (non-hydrogen) atoms. The van der Waals surface area contributed by atoms with Crippen LogP contribution in [0.5, 0.6) is 0 Å². The Balaban J connectivity index is 1.92. The maximum Gasteiger partial charge on any atom is 0.253 e. The number of rotatable bonds is 4.